The Morgan fingerprint density at radius 2 is 1.71 bits per heavy atom. The average Bonchev–Trinajstić information content (AvgIpc) is 3.48. The predicted octanol–water partition coefficient (Wildman–Crippen LogP) is 6.31. The number of esters is 1. The first kappa shape index (κ1) is 25.9. The van der Waals surface area contributed by atoms with Crippen molar-refractivity contribution in [1.82, 2.24) is 9.55 Å². The molecule has 0 spiro atoms. The number of para-hydroxylation sites is 1. The van der Waals surface area contributed by atoms with E-state index in [1.807, 2.05) is 74.5 Å². The van der Waals surface area contributed by atoms with Crippen molar-refractivity contribution in [1.29, 1.82) is 0 Å². The Morgan fingerprint density at radius 3 is 2.39 bits per heavy atom. The van der Waals surface area contributed by atoms with Gasteiger partial charge in [0.2, 0.25) is 5.91 Å². The molecule has 0 unspecified atom stereocenters. The molecule has 3 aromatic heterocycles. The van der Waals surface area contributed by atoms with Gasteiger partial charge < -0.3 is 10.1 Å². The molecule has 0 aliphatic heterocycles. The molecule has 0 atom stereocenters. The van der Waals surface area contributed by atoms with Gasteiger partial charge in [-0.25, -0.2) is 9.78 Å². The lowest BCUT2D eigenvalue weighted by atomic mass is 10.1. The van der Waals surface area contributed by atoms with Crippen molar-refractivity contribution in [3.8, 4) is 16.1 Å². The average molecular weight is 562 g/mol. The van der Waals surface area contributed by atoms with Crippen molar-refractivity contribution in [2.75, 3.05) is 18.2 Å². The van der Waals surface area contributed by atoms with E-state index in [9.17, 15) is 14.4 Å². The summed E-state index contributed by atoms with van der Waals surface area (Å²) < 4.78 is 6.49. The zero-order valence-corrected chi connectivity index (χ0v) is 23.3. The van der Waals surface area contributed by atoms with Crippen LogP contribution in [0.25, 0.3) is 26.3 Å². The summed E-state index contributed by atoms with van der Waals surface area (Å²) in [4.78, 5) is 46.3. The van der Waals surface area contributed by atoms with Crippen LogP contribution in [0, 0.1) is 13.8 Å². The SMILES string of the molecule is COC(=O)c1cc(-c2ccccc2)sc1NC(=O)CSc1nc2sc(C)c(C)c2c(=O)n1-c1ccccc1. The largest absolute Gasteiger partial charge is 0.465 e. The van der Waals surface area contributed by atoms with Crippen molar-refractivity contribution in [3.63, 3.8) is 0 Å². The van der Waals surface area contributed by atoms with Crippen molar-refractivity contribution in [2.24, 2.45) is 0 Å². The summed E-state index contributed by atoms with van der Waals surface area (Å²) in [6.45, 7) is 3.90. The lowest BCUT2D eigenvalue weighted by molar-refractivity contribution is -0.113. The van der Waals surface area contributed by atoms with Crippen LogP contribution in [0.4, 0.5) is 5.00 Å². The molecule has 10 heteroatoms. The van der Waals surface area contributed by atoms with Gasteiger partial charge >= 0.3 is 5.97 Å². The number of thiophene rings is 2. The molecule has 7 nitrogen and oxygen atoms in total. The van der Waals surface area contributed by atoms with Crippen molar-refractivity contribution in [2.45, 2.75) is 19.0 Å². The molecular weight excluding hydrogens is 539 g/mol. The van der Waals surface area contributed by atoms with Gasteiger partial charge in [-0.1, -0.05) is 60.3 Å². The van der Waals surface area contributed by atoms with Crippen LogP contribution in [-0.4, -0.2) is 34.3 Å². The second-order valence-corrected chi connectivity index (χ2v) is 11.6. The van der Waals surface area contributed by atoms with E-state index in [4.69, 9.17) is 9.72 Å². The quantitative estimate of drug-likeness (QED) is 0.142. The third-order valence-electron chi connectivity index (χ3n) is 5.97. The summed E-state index contributed by atoms with van der Waals surface area (Å²) in [7, 11) is 1.31. The van der Waals surface area contributed by atoms with Gasteiger partial charge in [0.15, 0.2) is 5.16 Å². The van der Waals surface area contributed by atoms with Crippen LogP contribution in [0.3, 0.4) is 0 Å². The van der Waals surface area contributed by atoms with E-state index in [0.717, 1.165) is 20.9 Å². The number of carbonyl (C=O) groups excluding carboxylic acids is 2. The minimum atomic E-state index is -0.528. The van der Waals surface area contributed by atoms with E-state index in [1.165, 1.54) is 41.5 Å². The Kier molecular flexibility index (Phi) is 7.46. The molecule has 0 bridgehead atoms. The molecule has 0 aliphatic carbocycles. The fraction of sp³-hybridized carbons (Fsp3) is 0.143. The maximum absolute atomic E-state index is 13.6. The van der Waals surface area contributed by atoms with E-state index in [1.54, 1.807) is 10.6 Å². The molecule has 0 saturated carbocycles. The maximum Gasteiger partial charge on any atom is 0.340 e. The van der Waals surface area contributed by atoms with Gasteiger partial charge in [-0.05, 0) is 43.2 Å². The summed E-state index contributed by atoms with van der Waals surface area (Å²) >= 11 is 3.94. The summed E-state index contributed by atoms with van der Waals surface area (Å²) in [5.41, 5.74) is 2.66. The van der Waals surface area contributed by atoms with E-state index in [-0.39, 0.29) is 17.2 Å². The number of amides is 1. The number of methoxy groups -OCH3 is 1. The number of aryl methyl sites for hydroxylation is 2. The number of aromatic nitrogens is 2. The highest BCUT2D eigenvalue weighted by Crippen LogP contribution is 2.36. The van der Waals surface area contributed by atoms with E-state index in [2.05, 4.69) is 5.32 Å². The molecule has 0 radical (unpaired) electrons. The monoisotopic (exact) mass is 561 g/mol. The number of nitrogens with zero attached hydrogens (tertiary/aromatic N) is 2. The van der Waals surface area contributed by atoms with Crippen LogP contribution < -0.4 is 10.9 Å². The first-order valence-corrected chi connectivity index (χ1v) is 14.3. The van der Waals surface area contributed by atoms with Gasteiger partial charge in [-0.3, -0.25) is 14.2 Å². The van der Waals surface area contributed by atoms with Crippen LogP contribution in [0.15, 0.2) is 76.7 Å². The molecule has 1 amide bonds. The fourth-order valence-corrected chi connectivity index (χ4v) is 6.91. The van der Waals surface area contributed by atoms with Crippen LogP contribution >= 0.6 is 34.4 Å². The molecule has 38 heavy (non-hydrogen) atoms. The molecule has 5 aromatic rings. The third-order valence-corrected chi connectivity index (χ3v) is 9.11. The summed E-state index contributed by atoms with van der Waals surface area (Å²) in [6.07, 6.45) is 0. The van der Waals surface area contributed by atoms with Gasteiger partial charge in [0.25, 0.3) is 5.56 Å². The maximum atomic E-state index is 13.6. The standard InChI is InChI=1S/C28H23N3O4S3/c1-16-17(2)37-25-23(16)26(33)31(19-12-8-5-9-13-19)28(30-25)36-15-22(32)29-24-20(27(34)35-3)14-21(38-24)18-10-6-4-7-11-18/h4-14H,15H2,1-3H3,(H,29,32). The molecular formula is C28H23N3O4S3. The molecule has 192 valence electrons. The molecule has 5 rings (SSSR count). The lowest BCUT2D eigenvalue weighted by Crippen LogP contribution is -2.23. The number of nitrogens with one attached hydrogen (secondary N) is 1. The highest BCUT2D eigenvalue weighted by atomic mass is 32.2. The number of hydrogen-bond acceptors (Lipinski definition) is 8. The first-order valence-electron chi connectivity index (χ1n) is 11.7. The van der Waals surface area contributed by atoms with Crippen molar-refractivity contribution < 1.29 is 14.3 Å². The molecule has 0 aliphatic rings. The number of rotatable bonds is 7. The highest BCUT2D eigenvalue weighted by Gasteiger charge is 2.21. The number of anilines is 1. The molecule has 2 aromatic carbocycles. The minimum absolute atomic E-state index is 0.00664. The summed E-state index contributed by atoms with van der Waals surface area (Å²) in [5, 5.41) is 4.29. The lowest BCUT2D eigenvalue weighted by Gasteiger charge is -2.12. The van der Waals surface area contributed by atoms with Gasteiger partial charge in [0.05, 0.1) is 29.5 Å². The van der Waals surface area contributed by atoms with Crippen LogP contribution in [0.2, 0.25) is 0 Å². The van der Waals surface area contributed by atoms with E-state index >= 15 is 0 Å². The van der Waals surface area contributed by atoms with Gasteiger partial charge in [-0.15, -0.1) is 22.7 Å². The van der Waals surface area contributed by atoms with Crippen molar-refractivity contribution >= 4 is 61.5 Å². The smallest absolute Gasteiger partial charge is 0.340 e. The fourth-order valence-electron chi connectivity index (χ4n) is 3.96. The normalized spacial score (nSPS) is 11.0. The molecule has 1 N–H and O–H groups in total. The zero-order chi connectivity index (χ0) is 26.8. The Bertz CT molecular complexity index is 1710. The van der Waals surface area contributed by atoms with E-state index < -0.39 is 5.97 Å². The summed E-state index contributed by atoms with van der Waals surface area (Å²) in [5.74, 6) is -0.859. The Morgan fingerprint density at radius 1 is 1.03 bits per heavy atom. The van der Waals surface area contributed by atoms with Crippen LogP contribution in [0.5, 0.6) is 0 Å². The van der Waals surface area contributed by atoms with Crippen LogP contribution in [0.1, 0.15) is 20.8 Å². The Hall–Kier alpha value is -3.73. The molecule has 0 saturated heterocycles. The molecule has 0 fully saturated rings. The molecule has 3 heterocycles. The van der Waals surface area contributed by atoms with Crippen molar-refractivity contribution in [3.05, 3.63) is 93.1 Å². The highest BCUT2D eigenvalue weighted by molar-refractivity contribution is 7.99. The third kappa shape index (κ3) is 5.02. The Labute approximate surface area is 231 Å². The number of thioether (sulfide) groups is 1. The number of fused-ring (bicyclic) bond motifs is 1. The van der Waals surface area contributed by atoms with Crippen LogP contribution in [-0.2, 0) is 9.53 Å². The number of carbonyl (C=O) groups is 2. The zero-order valence-electron chi connectivity index (χ0n) is 20.8. The predicted molar refractivity (Wildman–Crippen MR) is 155 cm³/mol. The number of ether oxygens (including phenoxy) is 1. The van der Waals surface area contributed by atoms with Gasteiger partial charge in [-0.2, -0.15) is 0 Å². The number of hydrogen-bond donors (Lipinski definition) is 1. The number of benzene rings is 2. The topological polar surface area (TPSA) is 90.3 Å². The Balaban J connectivity index is 1.45. The minimum Gasteiger partial charge on any atom is -0.465 e. The van der Waals surface area contributed by atoms with E-state index in [0.29, 0.717) is 31.6 Å². The second kappa shape index (κ2) is 10.9. The summed E-state index contributed by atoms with van der Waals surface area (Å²) in [6, 6.07) is 20.6. The first-order chi connectivity index (χ1) is 18.4. The van der Waals surface area contributed by atoms with Gasteiger partial charge in [0, 0.05) is 9.75 Å². The van der Waals surface area contributed by atoms with Gasteiger partial charge in [0.1, 0.15) is 9.83 Å². The second-order valence-electron chi connectivity index (χ2n) is 8.38.